The molecule has 0 aliphatic carbocycles. The van der Waals surface area contributed by atoms with Crippen molar-refractivity contribution < 1.29 is 4.79 Å². The first kappa shape index (κ1) is 23.0. The van der Waals surface area contributed by atoms with Gasteiger partial charge < -0.3 is 9.88 Å². The van der Waals surface area contributed by atoms with E-state index in [1.165, 1.54) is 5.56 Å². The van der Waals surface area contributed by atoms with Crippen LogP contribution in [0.1, 0.15) is 66.8 Å². The van der Waals surface area contributed by atoms with Crippen molar-refractivity contribution in [1.29, 1.82) is 0 Å². The van der Waals surface area contributed by atoms with E-state index in [-0.39, 0.29) is 28.3 Å². The van der Waals surface area contributed by atoms with E-state index in [4.69, 9.17) is 4.98 Å². The minimum Gasteiger partial charge on any atom is -0.338 e. The largest absolute Gasteiger partial charge is 0.338 e. The molecule has 1 aliphatic rings. The topological polar surface area (TPSA) is 96.8 Å². The van der Waals surface area contributed by atoms with Crippen LogP contribution < -0.4 is 5.56 Å². The quantitative estimate of drug-likeness (QED) is 0.488. The molecule has 1 aliphatic heterocycles. The number of benzene rings is 2. The third-order valence-corrected chi connectivity index (χ3v) is 6.66. The summed E-state index contributed by atoms with van der Waals surface area (Å²) in [4.78, 5) is 35.5. The van der Waals surface area contributed by atoms with Gasteiger partial charge in [0.2, 0.25) is 0 Å². The summed E-state index contributed by atoms with van der Waals surface area (Å²) in [6, 6.07) is 17.8. The summed E-state index contributed by atoms with van der Waals surface area (Å²) in [5.74, 6) is 0.535. The second-order valence-corrected chi connectivity index (χ2v) is 10.3. The van der Waals surface area contributed by atoms with E-state index in [0.717, 1.165) is 18.4 Å². The molecule has 1 amide bonds. The molecule has 8 nitrogen and oxygen atoms in total. The van der Waals surface area contributed by atoms with Crippen molar-refractivity contribution in [2.75, 3.05) is 13.1 Å². The number of hydrogen-bond acceptors (Lipinski definition) is 5. The molecule has 0 radical (unpaired) electrons. The highest BCUT2D eigenvalue weighted by molar-refractivity contribution is 5.94. The van der Waals surface area contributed by atoms with Gasteiger partial charge in [0, 0.05) is 24.6 Å². The molecule has 180 valence electrons. The molecule has 2 aromatic carbocycles. The van der Waals surface area contributed by atoms with Crippen LogP contribution in [0.3, 0.4) is 0 Å². The number of H-pyrrole nitrogens is 1. The predicted octanol–water partition coefficient (Wildman–Crippen LogP) is 3.88. The second-order valence-electron chi connectivity index (χ2n) is 10.3. The Labute approximate surface area is 204 Å². The van der Waals surface area contributed by atoms with Crippen molar-refractivity contribution in [1.82, 2.24) is 29.9 Å². The van der Waals surface area contributed by atoms with Crippen molar-refractivity contribution in [3.05, 3.63) is 87.5 Å². The maximum Gasteiger partial charge on any atom is 0.281 e. The van der Waals surface area contributed by atoms with Crippen LogP contribution >= 0.6 is 0 Å². The molecule has 8 heteroatoms. The van der Waals surface area contributed by atoms with Crippen LogP contribution in [0.5, 0.6) is 0 Å². The highest BCUT2D eigenvalue weighted by Gasteiger charge is 2.28. The third-order valence-electron chi connectivity index (χ3n) is 6.66. The van der Waals surface area contributed by atoms with Gasteiger partial charge in [-0.2, -0.15) is 0 Å². The maximum atomic E-state index is 13.2. The normalized spacial score (nSPS) is 16.5. The van der Waals surface area contributed by atoms with Crippen molar-refractivity contribution >= 4 is 17.1 Å². The zero-order valence-corrected chi connectivity index (χ0v) is 20.4. The number of piperidine rings is 1. The fraction of sp³-hybridized carbons (Fsp3) is 0.370. The van der Waals surface area contributed by atoms with Gasteiger partial charge in [-0.05, 0) is 41.5 Å². The molecule has 1 saturated heterocycles. The molecule has 4 aromatic rings. The standard InChI is InChI=1S/C27H30N6O2/c1-27(2,3)21-13-11-19(12-14-21)26(35)32-15-7-10-20(17-32)23-28-24-22(25(34)29-23)30-31-33(24)16-18-8-5-4-6-9-18/h4-6,8-9,11-14,20H,7,10,15-17H2,1-3H3,(H,28,29,34). The number of carbonyl (C=O) groups is 1. The molecule has 0 bridgehead atoms. The first-order chi connectivity index (χ1) is 16.8. The van der Waals surface area contributed by atoms with Gasteiger partial charge in [-0.1, -0.05) is 68.4 Å². The summed E-state index contributed by atoms with van der Waals surface area (Å²) in [5, 5.41) is 8.21. The Morgan fingerprint density at radius 2 is 1.83 bits per heavy atom. The molecule has 5 rings (SSSR count). The fourth-order valence-corrected chi connectivity index (χ4v) is 4.62. The Balaban J connectivity index is 1.38. The SMILES string of the molecule is CC(C)(C)c1ccc(C(=O)N2CCCC(c3nc4c(nnn4Cc4ccccc4)c(=O)[nH]3)C2)cc1. The summed E-state index contributed by atoms with van der Waals surface area (Å²) < 4.78 is 1.66. The number of nitrogens with zero attached hydrogens (tertiary/aromatic N) is 5. The number of likely N-dealkylation sites (tertiary alicyclic amines) is 1. The molecule has 35 heavy (non-hydrogen) atoms. The monoisotopic (exact) mass is 470 g/mol. The molecule has 1 unspecified atom stereocenters. The van der Waals surface area contributed by atoms with Crippen molar-refractivity contribution in [2.45, 2.75) is 51.5 Å². The molecule has 0 saturated carbocycles. The van der Waals surface area contributed by atoms with Crippen molar-refractivity contribution in [2.24, 2.45) is 0 Å². The number of amides is 1. The average Bonchev–Trinajstić information content (AvgIpc) is 3.27. The van der Waals surface area contributed by atoms with E-state index >= 15 is 0 Å². The molecule has 0 spiro atoms. The van der Waals surface area contributed by atoms with Crippen LogP contribution in [-0.4, -0.2) is 48.9 Å². The first-order valence-corrected chi connectivity index (χ1v) is 12.1. The summed E-state index contributed by atoms with van der Waals surface area (Å²) in [5.41, 5.74) is 3.36. The lowest BCUT2D eigenvalue weighted by molar-refractivity contribution is 0.0704. The van der Waals surface area contributed by atoms with Gasteiger partial charge in [0.25, 0.3) is 11.5 Å². The molecular weight excluding hydrogens is 440 g/mol. The van der Waals surface area contributed by atoms with Gasteiger partial charge in [0.15, 0.2) is 11.2 Å². The predicted molar refractivity (Wildman–Crippen MR) is 135 cm³/mol. The highest BCUT2D eigenvalue weighted by Crippen LogP contribution is 2.27. The van der Waals surface area contributed by atoms with Crippen LogP contribution in [0.4, 0.5) is 0 Å². The number of aromatic amines is 1. The fourth-order valence-electron chi connectivity index (χ4n) is 4.62. The summed E-state index contributed by atoms with van der Waals surface area (Å²) in [7, 11) is 0. The highest BCUT2D eigenvalue weighted by atomic mass is 16.2. The minimum absolute atomic E-state index is 0.00868. The first-order valence-electron chi connectivity index (χ1n) is 12.1. The van der Waals surface area contributed by atoms with Crippen LogP contribution in [0, 0.1) is 0 Å². The van der Waals surface area contributed by atoms with Crippen LogP contribution in [0.2, 0.25) is 0 Å². The van der Waals surface area contributed by atoms with E-state index in [1.54, 1.807) is 4.68 Å². The number of aromatic nitrogens is 5. The van der Waals surface area contributed by atoms with Crippen LogP contribution in [0.25, 0.3) is 11.2 Å². The van der Waals surface area contributed by atoms with E-state index in [2.05, 4.69) is 36.1 Å². The molecule has 1 fully saturated rings. The van der Waals surface area contributed by atoms with Crippen LogP contribution in [-0.2, 0) is 12.0 Å². The second kappa shape index (κ2) is 9.09. The molecule has 1 atom stereocenters. The zero-order chi connectivity index (χ0) is 24.6. The molecule has 3 heterocycles. The van der Waals surface area contributed by atoms with E-state index in [9.17, 15) is 9.59 Å². The Kier molecular flexibility index (Phi) is 5.96. The van der Waals surface area contributed by atoms with Gasteiger partial charge in [0.1, 0.15) is 5.82 Å². The van der Waals surface area contributed by atoms with Crippen LogP contribution in [0.15, 0.2) is 59.4 Å². The van der Waals surface area contributed by atoms with Gasteiger partial charge in [-0.25, -0.2) is 9.67 Å². The van der Waals surface area contributed by atoms with E-state index < -0.39 is 0 Å². The number of rotatable bonds is 4. The third kappa shape index (κ3) is 4.73. The maximum absolute atomic E-state index is 13.2. The molecule has 2 aromatic heterocycles. The molecule has 1 N–H and O–H groups in total. The zero-order valence-electron chi connectivity index (χ0n) is 20.4. The Morgan fingerprint density at radius 3 is 2.54 bits per heavy atom. The minimum atomic E-state index is -0.300. The van der Waals surface area contributed by atoms with Gasteiger partial charge in [0.05, 0.1) is 6.54 Å². The van der Waals surface area contributed by atoms with E-state index in [1.807, 2.05) is 59.5 Å². The lowest BCUT2D eigenvalue weighted by atomic mass is 9.86. The number of hydrogen-bond donors (Lipinski definition) is 1. The summed E-state index contributed by atoms with van der Waals surface area (Å²) in [6.07, 6.45) is 1.70. The van der Waals surface area contributed by atoms with E-state index in [0.29, 0.717) is 36.7 Å². The Bertz CT molecular complexity index is 1400. The lowest BCUT2D eigenvalue weighted by Gasteiger charge is -2.32. The lowest BCUT2D eigenvalue weighted by Crippen LogP contribution is -2.40. The van der Waals surface area contributed by atoms with Gasteiger partial charge >= 0.3 is 0 Å². The summed E-state index contributed by atoms with van der Waals surface area (Å²) >= 11 is 0. The van der Waals surface area contributed by atoms with Crippen molar-refractivity contribution in [3.63, 3.8) is 0 Å². The molecular formula is C27H30N6O2. The Morgan fingerprint density at radius 1 is 1.09 bits per heavy atom. The Hall–Kier alpha value is -3.81. The van der Waals surface area contributed by atoms with Gasteiger partial charge in [-0.15, -0.1) is 5.10 Å². The van der Waals surface area contributed by atoms with Crippen molar-refractivity contribution in [3.8, 4) is 0 Å². The smallest absolute Gasteiger partial charge is 0.281 e. The number of nitrogens with one attached hydrogen (secondary N) is 1. The number of fused-ring (bicyclic) bond motifs is 1. The number of carbonyl (C=O) groups excluding carboxylic acids is 1. The van der Waals surface area contributed by atoms with Gasteiger partial charge in [-0.3, -0.25) is 9.59 Å². The average molecular weight is 471 g/mol. The summed E-state index contributed by atoms with van der Waals surface area (Å²) in [6.45, 7) is 8.15.